The van der Waals surface area contributed by atoms with E-state index in [4.69, 9.17) is 4.98 Å². The lowest BCUT2D eigenvalue weighted by atomic mass is 9.80. The molecule has 1 aromatic heterocycles. The largest absolute Gasteiger partial charge is 0.236 e. The van der Waals surface area contributed by atoms with Gasteiger partial charge in [-0.1, -0.05) is 347 Å². The predicted molar refractivity (Wildman–Crippen MR) is 503 cm³/mol. The molecule has 0 amide bonds. The van der Waals surface area contributed by atoms with Crippen LogP contribution in [0.4, 0.5) is 0 Å². The Hall–Kier alpha value is -12.9. The maximum Gasteiger partial charge on any atom is 0.128 e. The Balaban J connectivity index is 0.000000138. The van der Waals surface area contributed by atoms with Crippen LogP contribution in [-0.2, 0) is 33.7 Å². The van der Waals surface area contributed by atoms with Gasteiger partial charge in [-0.25, -0.2) is 4.98 Å². The van der Waals surface area contributed by atoms with E-state index >= 15 is 0 Å². The van der Waals surface area contributed by atoms with Gasteiger partial charge in [0.2, 0.25) is 0 Å². The monoisotopic (exact) mass is 1540 g/mol. The van der Waals surface area contributed by atoms with Gasteiger partial charge in [-0.15, -0.1) is 11.3 Å². The zero-order valence-electron chi connectivity index (χ0n) is 67.7. The summed E-state index contributed by atoms with van der Waals surface area (Å²) in [4.78, 5) is 5.25. The molecule has 0 atom stereocenters. The second-order valence-electron chi connectivity index (χ2n) is 36.3. The molecule has 19 aromatic rings. The first kappa shape index (κ1) is 69.4. The zero-order valence-corrected chi connectivity index (χ0v) is 69.5. The minimum atomic E-state index is -2.03. The first-order valence-corrected chi connectivity index (χ1v) is 45.4. The molecule has 118 heavy (non-hydrogen) atoms. The Bertz CT molecular complexity index is 7580. The highest BCUT2D eigenvalue weighted by Crippen LogP contribution is 2.58. The van der Waals surface area contributed by atoms with Crippen molar-refractivity contribution in [2.45, 2.75) is 89.1 Å². The third-order valence-corrected chi connectivity index (χ3v) is 34.8. The van der Waals surface area contributed by atoms with Crippen molar-refractivity contribution in [3.05, 3.63) is 401 Å². The van der Waals surface area contributed by atoms with Gasteiger partial charge in [-0.3, -0.25) is 0 Å². The molecule has 560 valence electrons. The van der Waals surface area contributed by atoms with Crippen molar-refractivity contribution >= 4 is 83.1 Å². The summed E-state index contributed by atoms with van der Waals surface area (Å²) in [5.41, 5.74) is 42.7. The first-order valence-electron chi connectivity index (χ1n) is 42.1. The molecule has 25 rings (SSSR count). The number of rotatable bonds is 6. The average Bonchev–Trinajstić information content (AvgIpc) is 1.41. The maximum absolute atomic E-state index is 5.25. The number of hydrogen-bond acceptors (Lipinski definition) is 2. The van der Waals surface area contributed by atoms with Crippen LogP contribution >= 0.6 is 11.3 Å². The third kappa shape index (κ3) is 9.81. The highest BCUT2D eigenvalue weighted by atomic mass is 32.1. The molecular formula is C115H85NSSi. The third-order valence-electron chi connectivity index (χ3n) is 28.8. The average molecular weight is 1540 g/mol. The summed E-state index contributed by atoms with van der Waals surface area (Å²) in [6.07, 6.45) is 0. The van der Waals surface area contributed by atoms with Crippen molar-refractivity contribution in [1.29, 1.82) is 0 Å². The smallest absolute Gasteiger partial charge is 0.128 e. The molecule has 0 radical (unpaired) electrons. The molecule has 1 nitrogen and oxygen atoms in total. The zero-order chi connectivity index (χ0) is 79.0. The summed E-state index contributed by atoms with van der Waals surface area (Å²) in [5.74, 6) is 0. The minimum Gasteiger partial charge on any atom is -0.236 e. The summed E-state index contributed by atoms with van der Waals surface area (Å²) in [7, 11) is -2.03. The highest BCUT2D eigenvalue weighted by Gasteiger charge is 2.50. The Morgan fingerprint density at radius 3 is 0.992 bits per heavy atom. The Labute approximate surface area is 695 Å². The molecule has 0 fully saturated rings. The normalized spacial score (nSPS) is 15.4. The minimum absolute atomic E-state index is 0.0606. The molecule has 3 heterocycles. The number of nitrogens with zero attached hydrogens (tertiary/aromatic N) is 1. The van der Waals surface area contributed by atoms with Gasteiger partial charge in [-0.05, 0) is 287 Å². The van der Waals surface area contributed by atoms with Gasteiger partial charge in [0.05, 0.1) is 10.2 Å². The molecule has 0 saturated carbocycles. The van der Waals surface area contributed by atoms with Crippen LogP contribution in [0.1, 0.15) is 111 Å². The fourth-order valence-corrected chi connectivity index (χ4v) is 29.4. The van der Waals surface area contributed by atoms with Crippen LogP contribution in [0.25, 0.3) is 175 Å². The number of hydrogen-bond donors (Lipinski definition) is 0. The first-order chi connectivity index (χ1) is 57.5. The lowest BCUT2D eigenvalue weighted by Crippen LogP contribution is -2.57. The number of fused-ring (bicyclic) bond motifs is 23. The molecule has 0 unspecified atom stereocenters. The molecule has 2 aliphatic heterocycles. The molecule has 0 bridgehead atoms. The molecule has 0 N–H and O–H groups in total. The summed E-state index contributed by atoms with van der Waals surface area (Å²) >= 11 is 1.79. The maximum atomic E-state index is 5.25. The van der Waals surface area contributed by atoms with E-state index in [0.29, 0.717) is 0 Å². The molecule has 3 heteroatoms. The fourth-order valence-electron chi connectivity index (χ4n) is 23.0. The Kier molecular flexibility index (Phi) is 14.7. The summed E-state index contributed by atoms with van der Waals surface area (Å²) in [6, 6.07) is 134. The molecule has 1 spiro atoms. The van der Waals surface area contributed by atoms with E-state index in [9.17, 15) is 0 Å². The molecule has 18 aromatic carbocycles. The van der Waals surface area contributed by atoms with Gasteiger partial charge in [0.1, 0.15) is 13.1 Å². The van der Waals surface area contributed by atoms with Gasteiger partial charge >= 0.3 is 0 Å². The van der Waals surface area contributed by atoms with Gasteiger partial charge in [0.15, 0.2) is 0 Å². The molecule has 4 aliphatic carbocycles. The standard InChI is InChI=1S/C64H48Si.C51H37NS/c1-63(2)55-22-12-9-17-45(55)47-29-25-40(35-57(47)63)39-26-31-52-54(33-39)62(42-27-30-48-46-18-10-13-23-56(46)64(3,4)58(48)36-42)51-21-8-7-20-50(51)61(52)41-28-32-60-53(34-41)49-19-11-14-24-59(49)65(60)37-43-15-5-6-16-44(43)38-65;1-50(2)41-17-9-7-13-33(41)35-24-21-31(28-43(35)50)30-22-26-39-40(27-30)47(32-23-25-36-34-14-8-10-18-42(34)51(3,4)44(36)29-32)37-15-5-6-16-38(37)48(39)49-52-45-19-11-12-20-46(45)53-49/h5-36H,37-38H2,1-4H3;5-29H,1-4H3. The van der Waals surface area contributed by atoms with Crippen molar-refractivity contribution in [3.63, 3.8) is 0 Å². The van der Waals surface area contributed by atoms with E-state index in [1.807, 2.05) is 0 Å². The van der Waals surface area contributed by atoms with E-state index in [1.54, 1.807) is 32.8 Å². The summed E-state index contributed by atoms with van der Waals surface area (Å²) < 4.78 is 1.21. The number of aromatic nitrogens is 1. The quantitative estimate of drug-likeness (QED) is 0.119. The van der Waals surface area contributed by atoms with Crippen LogP contribution in [0.15, 0.2) is 346 Å². The highest BCUT2D eigenvalue weighted by molar-refractivity contribution is 7.21. The van der Waals surface area contributed by atoms with Gasteiger partial charge in [0.25, 0.3) is 0 Å². The topological polar surface area (TPSA) is 12.9 Å². The van der Waals surface area contributed by atoms with Gasteiger partial charge in [-0.2, -0.15) is 0 Å². The van der Waals surface area contributed by atoms with Gasteiger partial charge < -0.3 is 0 Å². The SMILES string of the molecule is CC1(C)c2ccccc2-c2ccc(-c3ccc4c(-c5ccc6c(c5)-c5ccccc5[Si]65Cc6ccccc6C5)c5ccccc5c(-c5ccc6c(c5)C(C)(C)c5ccccc5-6)c4c3)cc21.CC1(C)c2ccccc2-c2ccc(-c3ccc4c(-c5nc6ccccc6s5)c5ccccc5c(-c5ccc6c(c5)C(C)(C)c5ccccc5-6)c4c3)cc21. The lowest BCUT2D eigenvalue weighted by molar-refractivity contribution is 0.660. The van der Waals surface area contributed by atoms with Crippen LogP contribution in [0.3, 0.4) is 0 Å². The van der Waals surface area contributed by atoms with Crippen molar-refractivity contribution < 1.29 is 0 Å². The van der Waals surface area contributed by atoms with Gasteiger partial charge in [0, 0.05) is 27.2 Å². The van der Waals surface area contributed by atoms with Crippen LogP contribution in [0.2, 0.25) is 0 Å². The lowest BCUT2D eigenvalue weighted by Gasteiger charge is -2.25. The predicted octanol–water partition coefficient (Wildman–Crippen LogP) is 29.2. The van der Waals surface area contributed by atoms with E-state index in [2.05, 4.69) is 401 Å². The van der Waals surface area contributed by atoms with E-state index in [-0.39, 0.29) is 21.7 Å². The van der Waals surface area contributed by atoms with Crippen molar-refractivity contribution in [1.82, 2.24) is 4.98 Å². The van der Waals surface area contributed by atoms with E-state index in [1.165, 1.54) is 221 Å². The van der Waals surface area contributed by atoms with Crippen LogP contribution < -0.4 is 10.4 Å². The van der Waals surface area contributed by atoms with Crippen LogP contribution in [0, 0.1) is 0 Å². The number of thiazole rings is 1. The summed E-state index contributed by atoms with van der Waals surface area (Å²) in [6.45, 7) is 19.0. The molecular weight excluding hydrogens is 1460 g/mol. The molecule has 0 saturated heterocycles. The van der Waals surface area contributed by atoms with Crippen LogP contribution in [0.5, 0.6) is 0 Å². The van der Waals surface area contributed by atoms with E-state index in [0.717, 1.165) is 10.5 Å². The fraction of sp³-hybridized carbons (Fsp3) is 0.122. The molecule has 6 aliphatic rings. The van der Waals surface area contributed by atoms with Crippen molar-refractivity contribution in [3.8, 4) is 122 Å². The van der Waals surface area contributed by atoms with Crippen molar-refractivity contribution in [2.24, 2.45) is 0 Å². The summed E-state index contributed by atoms with van der Waals surface area (Å²) in [5, 5.41) is 14.5. The second-order valence-corrected chi connectivity index (χ2v) is 41.3. The van der Waals surface area contributed by atoms with E-state index < -0.39 is 8.07 Å². The second kappa shape index (κ2) is 25.1. The Morgan fingerprint density at radius 2 is 0.534 bits per heavy atom. The number of para-hydroxylation sites is 1. The number of benzene rings is 18. The van der Waals surface area contributed by atoms with Crippen LogP contribution in [-0.4, -0.2) is 13.1 Å². The Morgan fingerprint density at radius 1 is 0.229 bits per heavy atom. The van der Waals surface area contributed by atoms with Crippen molar-refractivity contribution in [2.75, 3.05) is 0 Å².